The average Bonchev–Trinajstić information content (AvgIpc) is 2.30. The van der Waals surface area contributed by atoms with Crippen molar-refractivity contribution in [3.63, 3.8) is 0 Å². The summed E-state index contributed by atoms with van der Waals surface area (Å²) < 4.78 is 0. The van der Waals surface area contributed by atoms with Gasteiger partial charge >= 0.3 is 0 Å². The molecule has 1 heterocycles. The molecule has 0 aromatic carbocycles. The van der Waals surface area contributed by atoms with Crippen molar-refractivity contribution in [1.29, 1.82) is 5.26 Å². The maximum Gasteiger partial charge on any atom is 0.0656 e. The Morgan fingerprint density at radius 1 is 1.50 bits per heavy atom. The summed E-state index contributed by atoms with van der Waals surface area (Å²) in [5.74, 6) is 0.375. The highest BCUT2D eigenvalue weighted by Crippen LogP contribution is 2.49. The van der Waals surface area contributed by atoms with Gasteiger partial charge in [-0.25, -0.2) is 0 Å². The maximum atomic E-state index is 8.56. The van der Waals surface area contributed by atoms with E-state index in [1.54, 1.807) is 0 Å². The van der Waals surface area contributed by atoms with Gasteiger partial charge in [0.05, 0.1) is 6.07 Å². The summed E-state index contributed by atoms with van der Waals surface area (Å²) in [6.45, 7) is 2.32. The molecule has 0 unspecified atom stereocenters. The van der Waals surface area contributed by atoms with Gasteiger partial charge in [-0.15, -0.1) is 0 Å². The van der Waals surface area contributed by atoms with Gasteiger partial charge in [-0.05, 0) is 31.2 Å². The summed E-state index contributed by atoms with van der Waals surface area (Å²) in [5.41, 5.74) is 0.556. The van der Waals surface area contributed by atoms with Gasteiger partial charge in [-0.1, -0.05) is 0 Å². The Labute approximate surface area is 61.2 Å². The van der Waals surface area contributed by atoms with E-state index >= 15 is 0 Å². The molecule has 0 bridgehead atoms. The lowest BCUT2D eigenvalue weighted by molar-refractivity contribution is 0.113. The third-order valence-electron chi connectivity index (χ3n) is 2.87. The average molecular weight is 136 g/mol. The number of hydrogen-bond acceptors (Lipinski definition) is 2. The van der Waals surface area contributed by atoms with Crippen LogP contribution in [-0.2, 0) is 0 Å². The molecule has 0 radical (unpaired) electrons. The number of nitriles is 1. The zero-order chi connectivity index (χ0) is 7.03. The minimum atomic E-state index is 0.375. The summed E-state index contributed by atoms with van der Waals surface area (Å²) in [7, 11) is 0. The van der Waals surface area contributed by atoms with E-state index in [9.17, 15) is 0 Å². The van der Waals surface area contributed by atoms with E-state index in [4.69, 9.17) is 5.26 Å². The van der Waals surface area contributed by atoms with Crippen molar-refractivity contribution >= 4 is 0 Å². The predicted octanol–water partition coefficient (Wildman–Crippen LogP) is 0.900. The zero-order valence-electron chi connectivity index (χ0n) is 6.06. The first kappa shape index (κ1) is 6.18. The van der Waals surface area contributed by atoms with E-state index < -0.39 is 0 Å². The van der Waals surface area contributed by atoms with Gasteiger partial charge < -0.3 is 5.32 Å². The fraction of sp³-hybridized carbons (Fsp3) is 0.875. The molecule has 0 amide bonds. The molecule has 1 saturated carbocycles. The lowest BCUT2D eigenvalue weighted by Crippen LogP contribution is -2.38. The van der Waals surface area contributed by atoms with Gasteiger partial charge in [0.1, 0.15) is 0 Å². The van der Waals surface area contributed by atoms with Crippen LogP contribution in [0.1, 0.15) is 19.3 Å². The van der Waals surface area contributed by atoms with E-state index in [1.165, 1.54) is 6.42 Å². The minimum absolute atomic E-state index is 0.375. The molecule has 10 heavy (non-hydrogen) atoms. The third kappa shape index (κ3) is 0.741. The number of hydrogen-bond donors (Lipinski definition) is 1. The SMILES string of the molecule is N#CC1CC2(CCNC2)C1. The summed E-state index contributed by atoms with van der Waals surface area (Å²) in [6.07, 6.45) is 3.60. The topological polar surface area (TPSA) is 35.8 Å². The van der Waals surface area contributed by atoms with Crippen LogP contribution in [0.15, 0.2) is 0 Å². The Morgan fingerprint density at radius 2 is 2.30 bits per heavy atom. The van der Waals surface area contributed by atoms with Crippen LogP contribution in [0.2, 0.25) is 0 Å². The third-order valence-corrected chi connectivity index (χ3v) is 2.87. The smallest absolute Gasteiger partial charge is 0.0656 e. The lowest BCUT2D eigenvalue weighted by Gasteiger charge is -2.41. The first-order valence-electron chi connectivity index (χ1n) is 3.95. The maximum absolute atomic E-state index is 8.56. The van der Waals surface area contributed by atoms with Crippen LogP contribution in [0.4, 0.5) is 0 Å². The van der Waals surface area contributed by atoms with Crippen molar-refractivity contribution in [1.82, 2.24) is 5.32 Å². The molecule has 0 atom stereocenters. The molecule has 54 valence electrons. The predicted molar refractivity (Wildman–Crippen MR) is 38.3 cm³/mol. The van der Waals surface area contributed by atoms with Crippen molar-refractivity contribution in [3.8, 4) is 6.07 Å². The molecule has 2 rings (SSSR count). The Hall–Kier alpha value is -0.550. The largest absolute Gasteiger partial charge is 0.316 e. The van der Waals surface area contributed by atoms with Gasteiger partial charge in [0, 0.05) is 12.5 Å². The second-order valence-corrected chi connectivity index (χ2v) is 3.66. The monoisotopic (exact) mass is 136 g/mol. The number of nitrogens with zero attached hydrogens (tertiary/aromatic N) is 1. The Kier molecular flexibility index (Phi) is 1.21. The lowest BCUT2D eigenvalue weighted by atomic mass is 9.62. The molecule has 2 nitrogen and oxygen atoms in total. The fourth-order valence-electron chi connectivity index (χ4n) is 2.22. The second kappa shape index (κ2) is 1.96. The first-order chi connectivity index (χ1) is 4.85. The van der Waals surface area contributed by atoms with Crippen LogP contribution in [-0.4, -0.2) is 13.1 Å². The second-order valence-electron chi connectivity index (χ2n) is 3.66. The standard InChI is InChI=1S/C8H12N2/c9-5-7-3-8(4-7)1-2-10-6-8/h7,10H,1-4,6H2. The van der Waals surface area contributed by atoms with Crippen molar-refractivity contribution in [3.05, 3.63) is 0 Å². The Morgan fingerprint density at radius 3 is 2.80 bits per heavy atom. The van der Waals surface area contributed by atoms with Gasteiger partial charge in [0.15, 0.2) is 0 Å². The first-order valence-corrected chi connectivity index (χ1v) is 3.95. The van der Waals surface area contributed by atoms with Crippen molar-refractivity contribution < 1.29 is 0 Å². The van der Waals surface area contributed by atoms with Gasteiger partial charge in [0.25, 0.3) is 0 Å². The molecular weight excluding hydrogens is 124 g/mol. The normalized spacial score (nSPS) is 44.9. The molecule has 0 aromatic rings. The molecule has 1 aliphatic carbocycles. The molecule has 0 aromatic heterocycles. The van der Waals surface area contributed by atoms with E-state index in [2.05, 4.69) is 11.4 Å². The molecule has 2 fully saturated rings. The van der Waals surface area contributed by atoms with Crippen LogP contribution >= 0.6 is 0 Å². The van der Waals surface area contributed by atoms with Gasteiger partial charge in [-0.3, -0.25) is 0 Å². The van der Waals surface area contributed by atoms with E-state index in [0.717, 1.165) is 25.9 Å². The van der Waals surface area contributed by atoms with E-state index in [1.807, 2.05) is 0 Å². The number of nitrogens with one attached hydrogen (secondary N) is 1. The fourth-order valence-corrected chi connectivity index (χ4v) is 2.22. The van der Waals surface area contributed by atoms with Crippen molar-refractivity contribution in [2.45, 2.75) is 19.3 Å². The molecule has 2 heteroatoms. The summed E-state index contributed by atoms with van der Waals surface area (Å²) in [6, 6.07) is 2.32. The van der Waals surface area contributed by atoms with E-state index in [0.29, 0.717) is 11.3 Å². The van der Waals surface area contributed by atoms with Crippen LogP contribution in [0.3, 0.4) is 0 Å². The van der Waals surface area contributed by atoms with Gasteiger partial charge in [-0.2, -0.15) is 5.26 Å². The summed E-state index contributed by atoms with van der Waals surface area (Å²) >= 11 is 0. The zero-order valence-corrected chi connectivity index (χ0v) is 6.06. The Bertz CT molecular complexity index is 166. The molecule has 1 aliphatic heterocycles. The molecule has 2 aliphatic rings. The highest BCUT2D eigenvalue weighted by molar-refractivity contribution is 5.05. The van der Waals surface area contributed by atoms with E-state index in [-0.39, 0.29) is 0 Å². The van der Waals surface area contributed by atoms with Crippen LogP contribution < -0.4 is 5.32 Å². The Balaban J connectivity index is 1.94. The summed E-state index contributed by atoms with van der Waals surface area (Å²) in [5, 5.41) is 11.9. The quantitative estimate of drug-likeness (QED) is 0.537. The minimum Gasteiger partial charge on any atom is -0.316 e. The van der Waals surface area contributed by atoms with Crippen LogP contribution in [0, 0.1) is 22.7 Å². The van der Waals surface area contributed by atoms with Crippen LogP contribution in [0.5, 0.6) is 0 Å². The molecular formula is C8H12N2. The van der Waals surface area contributed by atoms with Gasteiger partial charge in [0.2, 0.25) is 0 Å². The molecule has 1 N–H and O–H groups in total. The van der Waals surface area contributed by atoms with Crippen molar-refractivity contribution in [2.75, 3.05) is 13.1 Å². The molecule has 1 spiro atoms. The van der Waals surface area contributed by atoms with Crippen LogP contribution in [0.25, 0.3) is 0 Å². The van der Waals surface area contributed by atoms with Crippen molar-refractivity contribution in [2.24, 2.45) is 11.3 Å². The summed E-state index contributed by atoms with van der Waals surface area (Å²) in [4.78, 5) is 0. The molecule has 1 saturated heterocycles. The highest BCUT2D eigenvalue weighted by Gasteiger charge is 2.45. The highest BCUT2D eigenvalue weighted by atomic mass is 14.9. The number of rotatable bonds is 0.